The van der Waals surface area contributed by atoms with Gasteiger partial charge in [-0.15, -0.1) is 0 Å². The molecule has 107 heavy (non-hydrogen) atoms. The van der Waals surface area contributed by atoms with Gasteiger partial charge in [0.05, 0.1) is 0 Å². The van der Waals surface area contributed by atoms with E-state index in [2.05, 4.69) is 334 Å². The highest BCUT2D eigenvalue weighted by Crippen LogP contribution is 2.61. The van der Waals surface area contributed by atoms with Crippen molar-refractivity contribution in [2.24, 2.45) is 0 Å². The molecule has 0 fully saturated rings. The average Bonchev–Trinajstić information content (AvgIpc) is 0.700. The predicted octanol–water partition coefficient (Wildman–Crippen LogP) is 30.4. The van der Waals surface area contributed by atoms with Crippen LogP contribution in [0.25, 0.3) is 271 Å². The summed E-state index contributed by atoms with van der Waals surface area (Å²) in [5.41, 5.74) is 8.42. The molecule has 1 heteroatoms. The fourth-order valence-electron chi connectivity index (χ4n) is 21.4. The van der Waals surface area contributed by atoms with Crippen molar-refractivity contribution in [2.45, 2.75) is 0 Å². The maximum Gasteiger partial charge on any atom is 0.140 e. The summed E-state index contributed by atoms with van der Waals surface area (Å²) in [5, 5.41) is 47.0. The lowest BCUT2D eigenvalue weighted by Crippen LogP contribution is -2.05. The Kier molecular flexibility index (Phi) is 10.8. The summed E-state index contributed by atoms with van der Waals surface area (Å²) >= 11 is 0. The Morgan fingerprint density at radius 3 is 0.430 bits per heavy atom. The van der Waals surface area contributed by atoms with E-state index in [-0.39, 0.29) is 5.82 Å². The molecular formula is C106H55F. The largest absolute Gasteiger partial charge is 0.206 e. The van der Waals surface area contributed by atoms with Gasteiger partial charge < -0.3 is 0 Å². The number of rotatable bonds is 5. The standard InChI is InChI=1S/C106H55F/c107-106-104(89-54-49-84-69-34-9-24-59-19-4-29-64(94(59)69)74-39-14-44-79(89)99(74)84)102(87-52-47-82-67-32-7-22-57-17-2-27-62(92(57)67)72-37-12-42-77(87)97(72)82)101(86-51-46-81-66-31-6-21-56-16-1-26-61(91(56)66)71-36-11-41-76(86)96(71)81)103(88-53-48-83-68-33-8-23-58-18-3-28-63(93(58)68)73-38-13-43-78(88)98(73)83)105(106)90-55-50-85-70-35-10-25-60-20-5-30-65(95(60)70)75-40-15-45-80(90)100(75)85/h1-55H. The molecule has 0 N–H and O–H groups in total. The molecule has 0 saturated heterocycles. The van der Waals surface area contributed by atoms with Crippen LogP contribution in [0.2, 0.25) is 0 Å². The molecule has 0 radical (unpaired) electrons. The maximum absolute atomic E-state index is 22.5. The van der Waals surface area contributed by atoms with Gasteiger partial charge in [-0.05, 0) is 249 Å². The van der Waals surface area contributed by atoms with E-state index < -0.39 is 0 Å². The van der Waals surface area contributed by atoms with E-state index in [4.69, 9.17) is 0 Å². The summed E-state index contributed by atoms with van der Waals surface area (Å²) in [5.74, 6) is -0.272. The average molecular weight is 1350 g/mol. The second kappa shape index (κ2) is 20.3. The van der Waals surface area contributed by atoms with Crippen LogP contribution in [0.3, 0.4) is 0 Å². The first-order chi connectivity index (χ1) is 53.1. The number of fused-ring (bicyclic) bond motifs is 10. The van der Waals surface area contributed by atoms with Gasteiger partial charge in [-0.2, -0.15) is 0 Å². The number of halogens is 1. The zero-order valence-corrected chi connectivity index (χ0v) is 57.6. The van der Waals surface area contributed by atoms with Crippen LogP contribution >= 0.6 is 0 Å². The molecule has 26 aromatic rings. The number of benzene rings is 26. The smallest absolute Gasteiger partial charge is 0.140 e. The molecule has 0 atom stereocenters. The van der Waals surface area contributed by atoms with E-state index in [0.717, 1.165) is 115 Å². The van der Waals surface area contributed by atoms with E-state index in [0.29, 0.717) is 11.1 Å². The molecule has 0 heterocycles. The first-order valence-electron chi connectivity index (χ1n) is 37.4. The first-order valence-corrected chi connectivity index (χ1v) is 37.4. The van der Waals surface area contributed by atoms with Crippen LogP contribution < -0.4 is 0 Å². The maximum atomic E-state index is 22.5. The van der Waals surface area contributed by atoms with Gasteiger partial charge in [0.25, 0.3) is 0 Å². The molecule has 26 rings (SSSR count). The Morgan fingerprint density at radius 1 is 0.112 bits per heavy atom. The third-order valence-electron chi connectivity index (χ3n) is 25.4. The molecular weight excluding hydrogens is 1290 g/mol. The van der Waals surface area contributed by atoms with Crippen molar-refractivity contribution in [2.75, 3.05) is 0 Å². The van der Waals surface area contributed by atoms with Crippen molar-refractivity contribution in [1.29, 1.82) is 0 Å². The topological polar surface area (TPSA) is 0 Å². The fraction of sp³-hybridized carbons (Fsp3) is 0. The monoisotopic (exact) mass is 1350 g/mol. The molecule has 486 valence electrons. The summed E-state index contributed by atoms with van der Waals surface area (Å²) in [6.07, 6.45) is 0. The van der Waals surface area contributed by atoms with E-state index in [9.17, 15) is 0 Å². The highest BCUT2D eigenvalue weighted by molar-refractivity contribution is 6.42. The highest BCUT2D eigenvalue weighted by Gasteiger charge is 2.35. The van der Waals surface area contributed by atoms with Crippen LogP contribution in [-0.4, -0.2) is 0 Å². The van der Waals surface area contributed by atoms with Gasteiger partial charge in [-0.1, -0.05) is 334 Å². The van der Waals surface area contributed by atoms with Crippen LogP contribution in [0.15, 0.2) is 334 Å². The van der Waals surface area contributed by atoms with Crippen molar-refractivity contribution in [3.8, 4) is 55.6 Å². The van der Waals surface area contributed by atoms with Crippen LogP contribution in [0, 0.1) is 5.82 Å². The van der Waals surface area contributed by atoms with Gasteiger partial charge in [0.15, 0.2) is 0 Å². The molecule has 0 bridgehead atoms. The first kappa shape index (κ1) is 56.7. The van der Waals surface area contributed by atoms with Gasteiger partial charge in [0, 0.05) is 22.3 Å². The second-order valence-corrected chi connectivity index (χ2v) is 30.2. The van der Waals surface area contributed by atoms with Crippen molar-refractivity contribution < 1.29 is 4.39 Å². The van der Waals surface area contributed by atoms with Crippen LogP contribution in [-0.2, 0) is 0 Å². The third-order valence-corrected chi connectivity index (χ3v) is 25.4. The molecule has 0 aromatic heterocycles. The van der Waals surface area contributed by atoms with Gasteiger partial charge in [0.2, 0.25) is 0 Å². The summed E-state index contributed by atoms with van der Waals surface area (Å²) in [6.45, 7) is 0. The minimum absolute atomic E-state index is 0.272. The molecule has 0 aliphatic rings. The lowest BCUT2D eigenvalue weighted by atomic mass is 9.73. The quantitative estimate of drug-likeness (QED) is 0.119. The molecule has 0 unspecified atom stereocenters. The lowest BCUT2D eigenvalue weighted by molar-refractivity contribution is 0.636. The van der Waals surface area contributed by atoms with Gasteiger partial charge in [0.1, 0.15) is 5.82 Å². The van der Waals surface area contributed by atoms with Gasteiger partial charge in [-0.25, -0.2) is 4.39 Å². The SMILES string of the molecule is Fc1c(-c2ccc3c4cccc5cccc(c6cccc2c63)c54)c(-c2ccc3c4cccc5cccc(c6cccc2c63)c54)c(-c2ccc3c4cccc5cccc(c6cccc2c63)c54)c(-c2ccc3c4cccc5cccc(c6cccc2c63)c54)c1-c1ccc2c3cccc4cccc(c5cccc1c52)c43. The Balaban J connectivity index is 0.942. The Bertz CT molecular complexity index is 7850. The summed E-state index contributed by atoms with van der Waals surface area (Å²) in [7, 11) is 0. The normalized spacial score (nSPS) is 12.7. The Labute approximate surface area is 610 Å². The van der Waals surface area contributed by atoms with Crippen LogP contribution in [0.1, 0.15) is 0 Å². The molecule has 0 spiro atoms. The van der Waals surface area contributed by atoms with Gasteiger partial charge >= 0.3 is 0 Å². The van der Waals surface area contributed by atoms with Crippen LogP contribution in [0.4, 0.5) is 4.39 Å². The Hall–Kier alpha value is -13.9. The predicted molar refractivity (Wildman–Crippen MR) is 460 cm³/mol. The van der Waals surface area contributed by atoms with Crippen molar-refractivity contribution >= 4 is 215 Å². The van der Waals surface area contributed by atoms with Gasteiger partial charge in [-0.3, -0.25) is 0 Å². The molecule has 0 saturated carbocycles. The lowest BCUT2D eigenvalue weighted by Gasteiger charge is -2.29. The minimum atomic E-state index is -0.272. The summed E-state index contributed by atoms with van der Waals surface area (Å²) < 4.78 is 22.5. The van der Waals surface area contributed by atoms with Crippen molar-refractivity contribution in [3.63, 3.8) is 0 Å². The fourth-order valence-corrected chi connectivity index (χ4v) is 21.4. The summed E-state index contributed by atoms with van der Waals surface area (Å²) in [4.78, 5) is 0. The molecule has 0 aliphatic heterocycles. The number of hydrogen-bond donors (Lipinski definition) is 0. The Morgan fingerprint density at radius 2 is 0.243 bits per heavy atom. The van der Waals surface area contributed by atoms with Crippen molar-refractivity contribution in [1.82, 2.24) is 0 Å². The zero-order valence-electron chi connectivity index (χ0n) is 57.6. The van der Waals surface area contributed by atoms with E-state index in [1.54, 1.807) is 0 Å². The third kappa shape index (κ3) is 7.08. The molecule has 0 nitrogen and oxygen atoms in total. The van der Waals surface area contributed by atoms with E-state index in [1.165, 1.54) is 145 Å². The zero-order chi connectivity index (χ0) is 69.3. The number of hydrogen-bond acceptors (Lipinski definition) is 0. The van der Waals surface area contributed by atoms with Crippen LogP contribution in [0.5, 0.6) is 0 Å². The molecule has 26 aromatic carbocycles. The minimum Gasteiger partial charge on any atom is -0.206 e. The van der Waals surface area contributed by atoms with E-state index in [1.807, 2.05) is 0 Å². The molecule has 0 aliphatic carbocycles. The van der Waals surface area contributed by atoms with Crippen molar-refractivity contribution in [3.05, 3.63) is 339 Å². The second-order valence-electron chi connectivity index (χ2n) is 30.2. The highest BCUT2D eigenvalue weighted by atomic mass is 19.1. The summed E-state index contributed by atoms with van der Waals surface area (Å²) in [6, 6.07) is 125. The van der Waals surface area contributed by atoms with E-state index >= 15 is 4.39 Å². The molecule has 0 amide bonds.